The molecule has 0 fully saturated rings. The molecular weight excluding hydrogens is 196 g/mol. The van der Waals surface area contributed by atoms with Crippen LogP contribution in [0.5, 0.6) is 5.75 Å². The number of benzene rings is 1. The molecule has 0 saturated carbocycles. The lowest BCUT2D eigenvalue weighted by Gasteiger charge is -2.09. The van der Waals surface area contributed by atoms with Gasteiger partial charge in [0.15, 0.2) is 5.58 Å². The van der Waals surface area contributed by atoms with E-state index in [1.54, 1.807) is 38.5 Å². The summed E-state index contributed by atoms with van der Waals surface area (Å²) >= 11 is 0. The van der Waals surface area contributed by atoms with Gasteiger partial charge in [0.2, 0.25) is 0 Å². The summed E-state index contributed by atoms with van der Waals surface area (Å²) in [4.78, 5) is 12.6. The lowest BCUT2D eigenvalue weighted by atomic mass is 10.2. The Morgan fingerprint density at radius 2 is 2.27 bits per heavy atom. The van der Waals surface area contributed by atoms with Gasteiger partial charge < -0.3 is 14.2 Å². The Morgan fingerprint density at radius 1 is 1.47 bits per heavy atom. The van der Waals surface area contributed by atoms with Gasteiger partial charge in [-0.2, -0.15) is 0 Å². The van der Waals surface area contributed by atoms with Crippen LogP contribution in [0, 0.1) is 0 Å². The number of amides is 1. The first-order valence-corrected chi connectivity index (χ1v) is 4.40. The molecule has 15 heavy (non-hydrogen) atoms. The van der Waals surface area contributed by atoms with Crippen molar-refractivity contribution in [2.45, 2.75) is 0 Å². The van der Waals surface area contributed by atoms with Crippen molar-refractivity contribution in [3.63, 3.8) is 0 Å². The van der Waals surface area contributed by atoms with Gasteiger partial charge in [0.25, 0.3) is 0 Å². The highest BCUT2D eigenvalue weighted by Crippen LogP contribution is 2.20. The molecule has 0 saturated heterocycles. The van der Waals surface area contributed by atoms with E-state index >= 15 is 0 Å². The molecule has 0 N–H and O–H groups in total. The minimum absolute atomic E-state index is 0.422. The maximum atomic E-state index is 11.2. The van der Waals surface area contributed by atoms with Crippen LogP contribution in [0.1, 0.15) is 0 Å². The van der Waals surface area contributed by atoms with E-state index < -0.39 is 6.09 Å². The van der Waals surface area contributed by atoms with Crippen molar-refractivity contribution in [1.82, 2.24) is 10.1 Å². The van der Waals surface area contributed by atoms with Gasteiger partial charge in [0.1, 0.15) is 5.75 Å². The SMILES string of the molecule is CN(C)C(=O)Oc1ccc2cnoc2c1. The summed E-state index contributed by atoms with van der Waals surface area (Å²) in [5, 5.41) is 4.51. The molecule has 5 heteroatoms. The quantitative estimate of drug-likeness (QED) is 0.714. The summed E-state index contributed by atoms with van der Waals surface area (Å²) in [6, 6.07) is 5.11. The highest BCUT2D eigenvalue weighted by atomic mass is 16.6. The Morgan fingerprint density at radius 3 is 3.00 bits per heavy atom. The standard InChI is InChI=1S/C10H10N2O3/c1-12(2)10(13)14-8-4-3-7-6-11-15-9(7)5-8/h3-6H,1-2H3. The van der Waals surface area contributed by atoms with Crippen LogP contribution in [0.15, 0.2) is 28.9 Å². The molecule has 2 aromatic rings. The third kappa shape index (κ3) is 1.90. The van der Waals surface area contributed by atoms with Gasteiger partial charge in [-0.25, -0.2) is 4.79 Å². The van der Waals surface area contributed by atoms with E-state index in [1.165, 1.54) is 4.90 Å². The van der Waals surface area contributed by atoms with E-state index in [9.17, 15) is 4.79 Å². The summed E-state index contributed by atoms with van der Waals surface area (Å²) in [5.41, 5.74) is 0.596. The average Bonchev–Trinajstić information content (AvgIpc) is 2.64. The normalized spacial score (nSPS) is 10.3. The average molecular weight is 206 g/mol. The van der Waals surface area contributed by atoms with Crippen LogP contribution in [0.2, 0.25) is 0 Å². The zero-order chi connectivity index (χ0) is 10.8. The van der Waals surface area contributed by atoms with Crippen LogP contribution >= 0.6 is 0 Å². The molecule has 0 unspecified atom stereocenters. The molecule has 0 aliphatic carbocycles. The van der Waals surface area contributed by atoms with Crippen LogP contribution in [0.25, 0.3) is 11.0 Å². The predicted molar refractivity (Wildman–Crippen MR) is 53.7 cm³/mol. The molecule has 0 bridgehead atoms. The second-order valence-electron chi connectivity index (χ2n) is 3.29. The summed E-state index contributed by atoms with van der Waals surface area (Å²) in [6.07, 6.45) is 1.18. The first kappa shape index (κ1) is 9.51. The van der Waals surface area contributed by atoms with E-state index in [0.717, 1.165) is 5.39 Å². The first-order chi connectivity index (χ1) is 7.16. The van der Waals surface area contributed by atoms with Crippen LogP contribution < -0.4 is 4.74 Å². The second kappa shape index (κ2) is 3.61. The number of fused-ring (bicyclic) bond motifs is 1. The smallest absolute Gasteiger partial charge is 0.410 e. The van der Waals surface area contributed by atoms with Gasteiger partial charge in [0, 0.05) is 25.5 Å². The number of rotatable bonds is 1. The number of hydrogen-bond acceptors (Lipinski definition) is 4. The molecule has 1 aromatic carbocycles. The molecule has 1 aromatic heterocycles. The Labute approximate surface area is 86.2 Å². The molecule has 0 aliphatic heterocycles. The Bertz CT molecular complexity index is 490. The van der Waals surface area contributed by atoms with Crippen molar-refractivity contribution >= 4 is 17.1 Å². The number of carbonyl (C=O) groups is 1. The fourth-order valence-electron chi connectivity index (χ4n) is 1.10. The summed E-state index contributed by atoms with van der Waals surface area (Å²) in [7, 11) is 3.24. The number of aromatic nitrogens is 1. The lowest BCUT2D eigenvalue weighted by molar-refractivity contribution is 0.172. The minimum Gasteiger partial charge on any atom is -0.410 e. The van der Waals surface area contributed by atoms with Gasteiger partial charge in [-0.05, 0) is 12.1 Å². The Hall–Kier alpha value is -2.04. The van der Waals surface area contributed by atoms with E-state index in [1.807, 2.05) is 0 Å². The number of carbonyl (C=O) groups excluding carboxylic acids is 1. The largest absolute Gasteiger partial charge is 0.414 e. The molecule has 1 amide bonds. The van der Waals surface area contributed by atoms with Crippen molar-refractivity contribution in [2.24, 2.45) is 0 Å². The van der Waals surface area contributed by atoms with Gasteiger partial charge >= 0.3 is 6.09 Å². The molecule has 2 rings (SSSR count). The zero-order valence-corrected chi connectivity index (χ0v) is 8.43. The van der Waals surface area contributed by atoms with Crippen LogP contribution in [0.4, 0.5) is 4.79 Å². The first-order valence-electron chi connectivity index (χ1n) is 4.40. The number of hydrogen-bond donors (Lipinski definition) is 0. The van der Waals surface area contributed by atoms with E-state index in [-0.39, 0.29) is 0 Å². The third-order valence-corrected chi connectivity index (χ3v) is 1.90. The number of nitrogens with zero attached hydrogens (tertiary/aromatic N) is 2. The highest BCUT2D eigenvalue weighted by Gasteiger charge is 2.08. The molecule has 1 heterocycles. The fraction of sp³-hybridized carbons (Fsp3) is 0.200. The van der Waals surface area contributed by atoms with Crippen molar-refractivity contribution in [3.8, 4) is 5.75 Å². The van der Waals surface area contributed by atoms with Gasteiger partial charge in [-0.15, -0.1) is 0 Å². The fourth-order valence-corrected chi connectivity index (χ4v) is 1.10. The Kier molecular flexibility index (Phi) is 2.29. The van der Waals surface area contributed by atoms with Crippen molar-refractivity contribution in [2.75, 3.05) is 14.1 Å². The lowest BCUT2D eigenvalue weighted by Crippen LogP contribution is -2.25. The molecular formula is C10H10N2O3. The second-order valence-corrected chi connectivity index (χ2v) is 3.29. The summed E-state index contributed by atoms with van der Waals surface area (Å²) < 4.78 is 10.00. The van der Waals surface area contributed by atoms with Crippen LogP contribution in [-0.2, 0) is 0 Å². The maximum Gasteiger partial charge on any atom is 0.414 e. The minimum atomic E-state index is -0.422. The maximum absolute atomic E-state index is 11.2. The molecule has 0 aliphatic rings. The monoisotopic (exact) mass is 206 g/mol. The Balaban J connectivity index is 2.25. The highest BCUT2D eigenvalue weighted by molar-refractivity contribution is 5.79. The van der Waals surface area contributed by atoms with Crippen LogP contribution in [0.3, 0.4) is 0 Å². The van der Waals surface area contributed by atoms with Gasteiger partial charge in [-0.1, -0.05) is 5.16 Å². The van der Waals surface area contributed by atoms with Gasteiger partial charge in [0.05, 0.1) is 6.20 Å². The topological polar surface area (TPSA) is 55.6 Å². The molecule has 78 valence electrons. The van der Waals surface area contributed by atoms with Gasteiger partial charge in [-0.3, -0.25) is 0 Å². The van der Waals surface area contributed by atoms with E-state index in [0.29, 0.717) is 11.3 Å². The van der Waals surface area contributed by atoms with E-state index in [2.05, 4.69) is 5.16 Å². The summed E-state index contributed by atoms with van der Waals surface area (Å²) in [6.45, 7) is 0. The number of ether oxygens (including phenoxy) is 1. The molecule has 0 spiro atoms. The van der Waals surface area contributed by atoms with Crippen molar-refractivity contribution in [3.05, 3.63) is 24.4 Å². The van der Waals surface area contributed by atoms with Crippen molar-refractivity contribution < 1.29 is 14.1 Å². The van der Waals surface area contributed by atoms with E-state index in [4.69, 9.17) is 9.26 Å². The van der Waals surface area contributed by atoms with Crippen LogP contribution in [-0.4, -0.2) is 30.2 Å². The third-order valence-electron chi connectivity index (χ3n) is 1.90. The molecule has 5 nitrogen and oxygen atoms in total. The van der Waals surface area contributed by atoms with Crippen molar-refractivity contribution in [1.29, 1.82) is 0 Å². The summed E-state index contributed by atoms with van der Waals surface area (Å²) in [5.74, 6) is 0.443. The predicted octanol–water partition coefficient (Wildman–Crippen LogP) is 1.89. The molecule has 0 atom stereocenters. The molecule has 0 radical (unpaired) electrons. The zero-order valence-electron chi connectivity index (χ0n) is 8.43.